The third-order valence-electron chi connectivity index (χ3n) is 4.65. The lowest BCUT2D eigenvalue weighted by Crippen LogP contribution is -2.16. The van der Waals surface area contributed by atoms with Crippen molar-refractivity contribution in [1.29, 1.82) is 0 Å². The summed E-state index contributed by atoms with van der Waals surface area (Å²) < 4.78 is 12.4. The van der Waals surface area contributed by atoms with Crippen LogP contribution in [0.3, 0.4) is 0 Å². The molecular weight excluding hydrogens is 348 g/mol. The lowest BCUT2D eigenvalue weighted by Gasteiger charge is -2.23. The second-order valence-electron chi connectivity index (χ2n) is 6.43. The third-order valence-corrected chi connectivity index (χ3v) is 4.65. The Kier molecular flexibility index (Phi) is 4.68. The van der Waals surface area contributed by atoms with E-state index in [1.807, 2.05) is 12.1 Å². The summed E-state index contributed by atoms with van der Waals surface area (Å²) in [6.45, 7) is 1.50. The molecule has 1 amide bonds. The zero-order valence-corrected chi connectivity index (χ0v) is 15.2. The molecule has 9 nitrogen and oxygen atoms in total. The van der Waals surface area contributed by atoms with E-state index in [2.05, 4.69) is 25.6 Å². The summed E-state index contributed by atoms with van der Waals surface area (Å²) in [5.74, 6) is 0.933. The highest BCUT2D eigenvalue weighted by molar-refractivity contribution is 6.02. The van der Waals surface area contributed by atoms with Crippen LogP contribution in [0.15, 0.2) is 24.5 Å². The molecule has 140 valence electrons. The lowest BCUT2D eigenvalue weighted by molar-refractivity contribution is 0.0855. The van der Waals surface area contributed by atoms with Gasteiger partial charge in [-0.15, -0.1) is 5.10 Å². The average Bonchev–Trinajstić information content (AvgIpc) is 3.14. The summed E-state index contributed by atoms with van der Waals surface area (Å²) in [4.78, 5) is 21.4. The number of carbonyl (C=O) groups is 1. The van der Waals surface area contributed by atoms with Gasteiger partial charge in [-0.3, -0.25) is 14.5 Å². The molecule has 1 aromatic carbocycles. The standard InChI is InChI=1S/C18H20N6O3/c1-24-10-13(22-23-24)18(25)21-15-9-19-16-12(11-5-7-27-8-6-11)3-4-14(26-2)17(16)20-15/h3-4,9-11H,5-8H2,1-2H3,(H,20,21,25). The topological polar surface area (TPSA) is 104 Å². The highest BCUT2D eigenvalue weighted by Crippen LogP contribution is 2.35. The van der Waals surface area contributed by atoms with Crippen molar-refractivity contribution in [2.45, 2.75) is 18.8 Å². The highest BCUT2D eigenvalue weighted by Gasteiger charge is 2.21. The fraction of sp³-hybridized carbons (Fsp3) is 0.389. The van der Waals surface area contributed by atoms with Crippen LogP contribution in [0.5, 0.6) is 5.75 Å². The van der Waals surface area contributed by atoms with Crippen LogP contribution >= 0.6 is 0 Å². The third kappa shape index (κ3) is 3.45. The molecule has 0 bridgehead atoms. The number of aromatic nitrogens is 5. The summed E-state index contributed by atoms with van der Waals surface area (Å²) >= 11 is 0. The van der Waals surface area contributed by atoms with Crippen molar-refractivity contribution in [3.8, 4) is 5.75 Å². The second-order valence-corrected chi connectivity index (χ2v) is 6.43. The molecule has 3 aromatic rings. The average molecular weight is 368 g/mol. The molecule has 3 heterocycles. The van der Waals surface area contributed by atoms with E-state index >= 15 is 0 Å². The van der Waals surface area contributed by atoms with Gasteiger partial charge in [-0.05, 0) is 30.4 Å². The van der Waals surface area contributed by atoms with Gasteiger partial charge in [0.25, 0.3) is 5.91 Å². The first-order valence-corrected chi connectivity index (χ1v) is 8.75. The maximum absolute atomic E-state index is 12.3. The van der Waals surface area contributed by atoms with Gasteiger partial charge >= 0.3 is 0 Å². The Hall–Kier alpha value is -3.07. The van der Waals surface area contributed by atoms with Gasteiger partial charge in [-0.25, -0.2) is 4.98 Å². The number of benzene rings is 1. The maximum atomic E-state index is 12.3. The van der Waals surface area contributed by atoms with E-state index in [4.69, 9.17) is 9.47 Å². The molecule has 0 unspecified atom stereocenters. The van der Waals surface area contributed by atoms with Gasteiger partial charge in [-0.2, -0.15) is 0 Å². The van der Waals surface area contributed by atoms with E-state index in [9.17, 15) is 4.79 Å². The normalized spacial score (nSPS) is 15.0. The molecule has 0 atom stereocenters. The molecule has 1 saturated heterocycles. The van der Waals surface area contributed by atoms with Crippen LogP contribution in [-0.2, 0) is 11.8 Å². The number of carbonyl (C=O) groups excluding carboxylic acids is 1. The molecule has 4 rings (SSSR count). The van der Waals surface area contributed by atoms with Gasteiger partial charge in [0.1, 0.15) is 11.3 Å². The Labute approximate surface area is 155 Å². The zero-order valence-electron chi connectivity index (χ0n) is 15.2. The predicted octanol–water partition coefficient (Wildman–Crippen LogP) is 1.91. The monoisotopic (exact) mass is 368 g/mol. The smallest absolute Gasteiger partial charge is 0.279 e. The number of nitrogens with zero attached hydrogens (tertiary/aromatic N) is 5. The summed E-state index contributed by atoms with van der Waals surface area (Å²) in [5, 5.41) is 10.3. The number of fused-ring (bicyclic) bond motifs is 1. The molecule has 1 fully saturated rings. The molecule has 1 aliphatic heterocycles. The maximum Gasteiger partial charge on any atom is 0.279 e. The van der Waals surface area contributed by atoms with Crippen molar-refractivity contribution in [2.75, 3.05) is 25.6 Å². The van der Waals surface area contributed by atoms with Gasteiger partial charge in [0, 0.05) is 20.3 Å². The number of amides is 1. The van der Waals surface area contributed by atoms with Crippen LogP contribution in [0, 0.1) is 0 Å². The summed E-state index contributed by atoms with van der Waals surface area (Å²) in [5.41, 5.74) is 2.76. The molecule has 1 N–H and O–H groups in total. The summed E-state index contributed by atoms with van der Waals surface area (Å²) in [7, 11) is 3.29. The molecule has 27 heavy (non-hydrogen) atoms. The second kappa shape index (κ2) is 7.28. The summed E-state index contributed by atoms with van der Waals surface area (Å²) in [6.07, 6.45) is 5.00. The Morgan fingerprint density at radius 3 is 2.81 bits per heavy atom. The van der Waals surface area contributed by atoms with Crippen LogP contribution in [0.1, 0.15) is 34.8 Å². The van der Waals surface area contributed by atoms with E-state index in [0.29, 0.717) is 23.0 Å². The van der Waals surface area contributed by atoms with Crippen molar-refractivity contribution in [1.82, 2.24) is 25.0 Å². The fourth-order valence-corrected chi connectivity index (χ4v) is 3.29. The molecular formula is C18H20N6O3. The number of nitrogens with one attached hydrogen (secondary N) is 1. The Morgan fingerprint density at radius 2 is 2.11 bits per heavy atom. The minimum Gasteiger partial charge on any atom is -0.494 e. The summed E-state index contributed by atoms with van der Waals surface area (Å²) in [6, 6.07) is 3.94. The van der Waals surface area contributed by atoms with Crippen LogP contribution < -0.4 is 10.1 Å². The number of aryl methyl sites for hydroxylation is 1. The van der Waals surface area contributed by atoms with Gasteiger partial charge in [0.2, 0.25) is 0 Å². The first-order valence-electron chi connectivity index (χ1n) is 8.75. The first kappa shape index (κ1) is 17.3. The highest BCUT2D eigenvalue weighted by atomic mass is 16.5. The Balaban J connectivity index is 1.69. The van der Waals surface area contributed by atoms with Crippen LogP contribution in [0.4, 0.5) is 5.82 Å². The van der Waals surface area contributed by atoms with Crippen LogP contribution in [-0.4, -0.2) is 51.2 Å². The number of anilines is 1. The minimum atomic E-state index is -0.392. The molecule has 0 spiro atoms. The molecule has 2 aromatic heterocycles. The van der Waals surface area contributed by atoms with Crippen LogP contribution in [0.25, 0.3) is 11.0 Å². The quantitative estimate of drug-likeness (QED) is 0.750. The van der Waals surface area contributed by atoms with Gasteiger partial charge in [0.15, 0.2) is 11.5 Å². The van der Waals surface area contributed by atoms with E-state index in [0.717, 1.165) is 37.1 Å². The molecule has 0 saturated carbocycles. The number of hydrogen-bond acceptors (Lipinski definition) is 7. The molecule has 0 aliphatic carbocycles. The number of rotatable bonds is 4. The molecule has 0 radical (unpaired) electrons. The van der Waals surface area contributed by atoms with Crippen molar-refractivity contribution >= 4 is 22.8 Å². The van der Waals surface area contributed by atoms with Crippen molar-refractivity contribution in [3.63, 3.8) is 0 Å². The van der Waals surface area contributed by atoms with Crippen LogP contribution in [0.2, 0.25) is 0 Å². The molecule has 9 heteroatoms. The zero-order chi connectivity index (χ0) is 18.8. The van der Waals surface area contributed by atoms with Gasteiger partial charge in [0.05, 0.1) is 25.0 Å². The van der Waals surface area contributed by atoms with E-state index in [-0.39, 0.29) is 5.69 Å². The lowest BCUT2D eigenvalue weighted by atomic mass is 9.90. The van der Waals surface area contributed by atoms with E-state index in [1.54, 1.807) is 20.4 Å². The van der Waals surface area contributed by atoms with Crippen molar-refractivity contribution < 1.29 is 14.3 Å². The largest absolute Gasteiger partial charge is 0.494 e. The SMILES string of the molecule is COc1ccc(C2CCOCC2)c2ncc(NC(=O)c3cn(C)nn3)nc12. The minimum absolute atomic E-state index is 0.210. The predicted molar refractivity (Wildman–Crippen MR) is 97.8 cm³/mol. The Morgan fingerprint density at radius 1 is 1.30 bits per heavy atom. The molecule has 1 aliphatic rings. The van der Waals surface area contributed by atoms with Crippen molar-refractivity contribution in [3.05, 3.63) is 35.8 Å². The van der Waals surface area contributed by atoms with Crippen molar-refractivity contribution in [2.24, 2.45) is 7.05 Å². The van der Waals surface area contributed by atoms with Gasteiger partial charge in [-0.1, -0.05) is 11.3 Å². The number of methoxy groups -OCH3 is 1. The number of hydrogen-bond donors (Lipinski definition) is 1. The Bertz CT molecular complexity index is 980. The van der Waals surface area contributed by atoms with E-state index < -0.39 is 5.91 Å². The van der Waals surface area contributed by atoms with Gasteiger partial charge < -0.3 is 14.8 Å². The number of ether oxygens (including phenoxy) is 2. The fourth-order valence-electron chi connectivity index (χ4n) is 3.29. The van der Waals surface area contributed by atoms with E-state index in [1.165, 1.54) is 10.9 Å². The first-order chi connectivity index (χ1) is 13.2.